The number of aromatic nitrogens is 1. The fourth-order valence-corrected chi connectivity index (χ4v) is 12.5. The topological polar surface area (TPSA) is 8.17 Å². The number of nitrogens with zero attached hydrogens (tertiary/aromatic N) is 2. The maximum atomic E-state index is 2.81. The molecule has 0 N–H and O–H groups in total. The lowest BCUT2D eigenvalue weighted by atomic mass is 9.40. The summed E-state index contributed by atoms with van der Waals surface area (Å²) in [4.78, 5) is 2.76. The van der Waals surface area contributed by atoms with Crippen molar-refractivity contribution in [2.24, 2.45) is 0 Å². The van der Waals surface area contributed by atoms with Crippen molar-refractivity contribution in [2.45, 2.75) is 156 Å². The van der Waals surface area contributed by atoms with Crippen molar-refractivity contribution in [1.29, 1.82) is 0 Å². The molecule has 11 rings (SSSR count). The van der Waals surface area contributed by atoms with Gasteiger partial charge < -0.3 is 9.38 Å². The Morgan fingerprint density at radius 3 is 1.74 bits per heavy atom. The first-order chi connectivity index (χ1) is 30.3. The minimum absolute atomic E-state index is 0.00482. The molecule has 0 radical (unpaired) electrons. The summed E-state index contributed by atoms with van der Waals surface area (Å²) in [7, 11) is 0. The van der Waals surface area contributed by atoms with Gasteiger partial charge in [-0.3, -0.25) is 0 Å². The van der Waals surface area contributed by atoms with Gasteiger partial charge in [0, 0.05) is 55.3 Å². The lowest BCUT2D eigenvalue weighted by Gasteiger charge is -2.44. The van der Waals surface area contributed by atoms with Crippen LogP contribution in [0.5, 0.6) is 0 Å². The van der Waals surface area contributed by atoms with Crippen molar-refractivity contribution < 1.29 is 0 Å². The van der Waals surface area contributed by atoms with Crippen molar-refractivity contribution in [1.82, 2.24) is 4.48 Å². The molecule has 2 nitrogen and oxygen atoms in total. The van der Waals surface area contributed by atoms with E-state index in [1.54, 1.807) is 0 Å². The van der Waals surface area contributed by atoms with Crippen LogP contribution in [-0.2, 0) is 32.5 Å². The minimum Gasteiger partial charge on any atom is -0.376 e. The highest BCUT2D eigenvalue weighted by molar-refractivity contribution is 6.85. The van der Waals surface area contributed by atoms with Crippen LogP contribution in [0, 0.1) is 6.92 Å². The number of hydrogen-bond acceptors (Lipinski definition) is 1. The standard InChI is InChI=1S/C62H69BN2/c1-36-28-43-45-33-40(59(8,9)10)32-44-42-31-39(58(5,6)7)23-25-51(42)65(54(44)45)63-53(43)52(29-36)64(50-24-22-38(57(2,3)4)30-41(50)37-20-18-17-19-21-37)55-46-34-48-49(35-47(46)62(15,16)56(55)63)61(13,14)27-26-60(48,11)12/h17-25,28-35H,26-27H2,1-16H3. The third-order valence-electron chi connectivity index (χ3n) is 16.5. The number of anilines is 2. The second-order valence-corrected chi connectivity index (χ2v) is 25.5. The van der Waals surface area contributed by atoms with E-state index in [-0.39, 0.29) is 39.3 Å². The van der Waals surface area contributed by atoms with Crippen LogP contribution in [0.3, 0.4) is 0 Å². The van der Waals surface area contributed by atoms with Crippen molar-refractivity contribution >= 4 is 51.2 Å². The van der Waals surface area contributed by atoms with E-state index in [0.29, 0.717) is 0 Å². The third kappa shape index (κ3) is 5.98. The van der Waals surface area contributed by atoms with Gasteiger partial charge in [-0.15, -0.1) is 0 Å². The van der Waals surface area contributed by atoms with Crippen molar-refractivity contribution in [3.05, 3.63) is 153 Å². The summed E-state index contributed by atoms with van der Waals surface area (Å²) in [5.74, 6) is 0. The molecule has 6 aromatic carbocycles. The van der Waals surface area contributed by atoms with E-state index in [1.807, 2.05) is 0 Å². The largest absolute Gasteiger partial charge is 0.376 e. The molecule has 3 heteroatoms. The van der Waals surface area contributed by atoms with Gasteiger partial charge in [0.25, 0.3) is 0 Å². The van der Waals surface area contributed by atoms with Crippen LogP contribution in [0.2, 0.25) is 0 Å². The van der Waals surface area contributed by atoms with Gasteiger partial charge in [0.15, 0.2) is 0 Å². The predicted molar refractivity (Wildman–Crippen MR) is 282 cm³/mol. The van der Waals surface area contributed by atoms with E-state index in [9.17, 15) is 0 Å². The van der Waals surface area contributed by atoms with E-state index in [0.717, 1.165) is 0 Å². The molecular formula is C62H69BN2. The smallest absolute Gasteiger partial charge is 0.329 e. The molecule has 2 aliphatic carbocycles. The van der Waals surface area contributed by atoms with Gasteiger partial charge in [0.2, 0.25) is 0 Å². The lowest BCUT2D eigenvalue weighted by Crippen LogP contribution is -2.52. The van der Waals surface area contributed by atoms with Gasteiger partial charge in [-0.05, 0) is 156 Å². The normalized spacial score (nSPS) is 18.0. The third-order valence-corrected chi connectivity index (χ3v) is 16.5. The molecular weight excluding hydrogens is 784 g/mol. The molecule has 0 bridgehead atoms. The molecule has 1 aromatic heterocycles. The molecule has 0 atom stereocenters. The molecule has 0 fully saturated rings. The van der Waals surface area contributed by atoms with Gasteiger partial charge >= 0.3 is 6.85 Å². The average Bonchev–Trinajstić information content (AvgIpc) is 3.68. The fraction of sp³-hybridized carbons (Fsp3) is 0.387. The Morgan fingerprint density at radius 2 is 1.09 bits per heavy atom. The Bertz CT molecular complexity index is 3230. The monoisotopic (exact) mass is 853 g/mol. The minimum atomic E-state index is -0.282. The Balaban J connectivity index is 1.34. The lowest BCUT2D eigenvalue weighted by molar-refractivity contribution is 0.331. The number of rotatable bonds is 2. The molecule has 3 heterocycles. The van der Waals surface area contributed by atoms with Gasteiger partial charge in [-0.1, -0.05) is 158 Å². The van der Waals surface area contributed by atoms with Crippen LogP contribution in [0.1, 0.15) is 161 Å². The Morgan fingerprint density at radius 1 is 0.508 bits per heavy atom. The molecule has 0 saturated carbocycles. The Kier molecular flexibility index (Phi) is 8.61. The van der Waals surface area contributed by atoms with Crippen LogP contribution >= 0.6 is 0 Å². The van der Waals surface area contributed by atoms with Crippen molar-refractivity contribution in [3.8, 4) is 22.3 Å². The zero-order valence-electron chi connectivity index (χ0n) is 42.2. The number of aryl methyl sites for hydroxylation is 1. The summed E-state index contributed by atoms with van der Waals surface area (Å²) in [5, 5.41) is 2.75. The average molecular weight is 853 g/mol. The Hall–Kier alpha value is -5.28. The van der Waals surface area contributed by atoms with Crippen LogP contribution in [0.4, 0.5) is 11.4 Å². The highest BCUT2D eigenvalue weighted by Gasteiger charge is 2.54. The van der Waals surface area contributed by atoms with E-state index in [4.69, 9.17) is 0 Å². The maximum Gasteiger partial charge on any atom is 0.329 e. The maximum absolute atomic E-state index is 2.81. The molecule has 2 aliphatic heterocycles. The van der Waals surface area contributed by atoms with E-state index in [2.05, 4.69) is 223 Å². The summed E-state index contributed by atoms with van der Waals surface area (Å²) in [5.41, 5.74) is 26.0. The first-order valence-electron chi connectivity index (χ1n) is 24.5. The van der Waals surface area contributed by atoms with E-state index >= 15 is 0 Å². The number of allylic oxidation sites excluding steroid dienone is 1. The summed E-state index contributed by atoms with van der Waals surface area (Å²) in [6.07, 6.45) is 2.38. The fourth-order valence-electron chi connectivity index (χ4n) is 12.5. The Labute approximate surface area is 390 Å². The van der Waals surface area contributed by atoms with Crippen molar-refractivity contribution in [3.63, 3.8) is 0 Å². The zero-order valence-corrected chi connectivity index (χ0v) is 42.2. The molecule has 7 aromatic rings. The highest BCUT2D eigenvalue weighted by atomic mass is 15.2. The van der Waals surface area contributed by atoms with Crippen LogP contribution in [-0.4, -0.2) is 11.3 Å². The summed E-state index contributed by atoms with van der Waals surface area (Å²) in [6, 6.07) is 41.5. The van der Waals surface area contributed by atoms with E-state index < -0.39 is 0 Å². The van der Waals surface area contributed by atoms with Gasteiger partial charge in [-0.2, -0.15) is 0 Å². The number of hydrogen-bond donors (Lipinski definition) is 0. The van der Waals surface area contributed by atoms with Crippen molar-refractivity contribution in [2.75, 3.05) is 4.90 Å². The van der Waals surface area contributed by atoms with Crippen LogP contribution in [0.25, 0.3) is 49.8 Å². The first-order valence-corrected chi connectivity index (χ1v) is 24.5. The number of benzene rings is 6. The second-order valence-electron chi connectivity index (χ2n) is 25.5. The van der Waals surface area contributed by atoms with Crippen LogP contribution < -0.4 is 10.4 Å². The zero-order chi connectivity index (χ0) is 46.3. The summed E-state index contributed by atoms with van der Waals surface area (Å²) in [6.45, 7) is 38.6. The molecule has 65 heavy (non-hydrogen) atoms. The van der Waals surface area contributed by atoms with E-state index in [1.165, 1.54) is 129 Å². The second kappa shape index (κ2) is 13.2. The van der Waals surface area contributed by atoms with Gasteiger partial charge in [0.1, 0.15) is 0 Å². The van der Waals surface area contributed by atoms with Gasteiger partial charge in [0.05, 0.1) is 5.69 Å². The van der Waals surface area contributed by atoms with Gasteiger partial charge in [-0.25, -0.2) is 0 Å². The highest BCUT2D eigenvalue weighted by Crippen LogP contribution is 2.60. The quantitative estimate of drug-likeness (QED) is 0.157. The SMILES string of the molecule is Cc1cc2c3c(c1)N(c1ccc(C(C)(C)C)cc1-c1ccccc1)C1=C(B3n3c4ccc(C(C)(C)C)cc4c4cc(C(C)(C)C)cc-2c43)C(C)(C)c2cc3c(cc21)C(C)(C)CCC3(C)C. The molecule has 0 unspecified atom stereocenters. The molecule has 0 amide bonds. The van der Waals surface area contributed by atoms with Crippen LogP contribution in [0.15, 0.2) is 109 Å². The molecule has 4 aliphatic rings. The first kappa shape index (κ1) is 42.4. The number of fused-ring (bicyclic) bond motifs is 9. The summed E-state index contributed by atoms with van der Waals surface area (Å²) < 4.78 is 2.81. The summed E-state index contributed by atoms with van der Waals surface area (Å²) >= 11 is 0. The molecule has 330 valence electrons. The predicted octanol–water partition coefficient (Wildman–Crippen LogP) is 16.1. The molecule has 0 saturated heterocycles. The molecule has 0 spiro atoms.